The van der Waals surface area contributed by atoms with Crippen molar-refractivity contribution in [3.05, 3.63) is 53.3 Å². The van der Waals surface area contributed by atoms with Gasteiger partial charge in [0, 0.05) is 19.9 Å². The summed E-state index contributed by atoms with van der Waals surface area (Å²) in [5, 5.41) is 7.82. The zero-order valence-electron chi connectivity index (χ0n) is 13.0. The second-order valence-corrected chi connectivity index (χ2v) is 5.32. The lowest BCUT2D eigenvalue weighted by atomic mass is 10.1. The molecule has 0 aliphatic carbocycles. The second-order valence-electron chi connectivity index (χ2n) is 5.32. The van der Waals surface area contributed by atoms with Crippen LogP contribution in [0.1, 0.15) is 23.1 Å². The van der Waals surface area contributed by atoms with E-state index in [0.29, 0.717) is 0 Å². The van der Waals surface area contributed by atoms with Crippen LogP contribution in [0.5, 0.6) is 0 Å². The van der Waals surface area contributed by atoms with Crippen LogP contribution in [0, 0.1) is 6.92 Å². The van der Waals surface area contributed by atoms with Crippen LogP contribution in [0.2, 0.25) is 0 Å². The first-order valence-corrected chi connectivity index (χ1v) is 7.55. The van der Waals surface area contributed by atoms with E-state index in [1.807, 2.05) is 10.9 Å². The molecule has 0 amide bonds. The van der Waals surface area contributed by atoms with Crippen molar-refractivity contribution in [2.45, 2.75) is 26.3 Å². The van der Waals surface area contributed by atoms with Crippen molar-refractivity contribution >= 4 is 0 Å². The number of aromatic nitrogens is 2. The van der Waals surface area contributed by atoms with Crippen LogP contribution in [-0.4, -0.2) is 36.6 Å². The van der Waals surface area contributed by atoms with Crippen LogP contribution < -0.4 is 5.32 Å². The largest absolute Gasteiger partial charge is 0.383 e. The first-order chi connectivity index (χ1) is 10.3. The number of methoxy groups -OCH3 is 1. The lowest BCUT2D eigenvalue weighted by molar-refractivity contribution is 0.199. The highest BCUT2D eigenvalue weighted by Crippen LogP contribution is 2.10. The Bertz CT molecular complexity index is 536. The standard InChI is InChI=1S/C17H25N3O/c1-15-6-3-4-8-17(15)14-20-13-16(12-19-20)7-5-9-18-10-11-21-2/h3-4,6,8,12-13,18H,5,7,9-11,14H2,1-2H3. The number of nitrogens with one attached hydrogen (secondary N) is 1. The molecular formula is C17H25N3O. The molecule has 1 aromatic heterocycles. The van der Waals surface area contributed by atoms with Crippen molar-refractivity contribution in [1.82, 2.24) is 15.1 Å². The number of ether oxygens (including phenoxy) is 1. The van der Waals surface area contributed by atoms with E-state index in [1.165, 1.54) is 16.7 Å². The molecule has 0 saturated carbocycles. The fourth-order valence-corrected chi connectivity index (χ4v) is 2.30. The molecule has 0 spiro atoms. The molecule has 0 aliphatic rings. The summed E-state index contributed by atoms with van der Waals surface area (Å²) < 4.78 is 7.02. The zero-order chi connectivity index (χ0) is 14.9. The molecule has 0 aliphatic heterocycles. The molecule has 4 nitrogen and oxygen atoms in total. The van der Waals surface area contributed by atoms with Crippen LogP contribution in [0.3, 0.4) is 0 Å². The number of rotatable bonds is 9. The smallest absolute Gasteiger partial charge is 0.0662 e. The molecule has 21 heavy (non-hydrogen) atoms. The van der Waals surface area contributed by atoms with Gasteiger partial charge >= 0.3 is 0 Å². The van der Waals surface area contributed by atoms with Crippen molar-refractivity contribution in [1.29, 1.82) is 0 Å². The molecule has 0 bridgehead atoms. The van der Waals surface area contributed by atoms with Gasteiger partial charge in [-0.1, -0.05) is 24.3 Å². The molecule has 1 N–H and O–H groups in total. The number of benzene rings is 1. The Labute approximate surface area is 127 Å². The maximum atomic E-state index is 5.00. The quantitative estimate of drug-likeness (QED) is 0.720. The van der Waals surface area contributed by atoms with Crippen LogP contribution >= 0.6 is 0 Å². The number of hydrogen-bond donors (Lipinski definition) is 1. The summed E-state index contributed by atoms with van der Waals surface area (Å²) in [6.07, 6.45) is 6.32. The third-order valence-electron chi connectivity index (χ3n) is 3.58. The van der Waals surface area contributed by atoms with Crippen molar-refractivity contribution in [3.63, 3.8) is 0 Å². The van der Waals surface area contributed by atoms with Crippen LogP contribution in [0.15, 0.2) is 36.7 Å². The third kappa shape index (κ3) is 5.33. The van der Waals surface area contributed by atoms with Crippen molar-refractivity contribution in [2.24, 2.45) is 0 Å². The minimum absolute atomic E-state index is 0.772. The van der Waals surface area contributed by atoms with Gasteiger partial charge in [0.2, 0.25) is 0 Å². The van der Waals surface area contributed by atoms with E-state index in [0.717, 1.165) is 39.1 Å². The van der Waals surface area contributed by atoms with E-state index >= 15 is 0 Å². The molecule has 1 heterocycles. The first-order valence-electron chi connectivity index (χ1n) is 7.55. The summed E-state index contributed by atoms with van der Waals surface area (Å²) in [4.78, 5) is 0. The molecule has 4 heteroatoms. The van der Waals surface area contributed by atoms with Gasteiger partial charge in [-0.2, -0.15) is 5.10 Å². The van der Waals surface area contributed by atoms with Crippen LogP contribution in [0.25, 0.3) is 0 Å². The van der Waals surface area contributed by atoms with Gasteiger partial charge in [-0.05, 0) is 43.0 Å². The summed E-state index contributed by atoms with van der Waals surface area (Å²) in [6, 6.07) is 8.46. The molecule has 0 radical (unpaired) electrons. The monoisotopic (exact) mass is 287 g/mol. The summed E-state index contributed by atoms with van der Waals surface area (Å²) in [6.45, 7) is 5.70. The molecule has 2 aromatic rings. The fourth-order valence-electron chi connectivity index (χ4n) is 2.30. The van der Waals surface area contributed by atoms with E-state index in [2.05, 4.69) is 47.8 Å². The van der Waals surface area contributed by atoms with E-state index in [1.54, 1.807) is 7.11 Å². The Hall–Kier alpha value is -1.65. The Kier molecular flexibility index (Phi) is 6.44. The summed E-state index contributed by atoms with van der Waals surface area (Å²) in [5.74, 6) is 0. The van der Waals surface area contributed by atoms with Gasteiger partial charge in [0.05, 0.1) is 19.3 Å². The SMILES string of the molecule is COCCNCCCc1cnn(Cc2ccccc2C)c1. The van der Waals surface area contributed by atoms with Gasteiger partial charge in [0.15, 0.2) is 0 Å². The average Bonchev–Trinajstić information content (AvgIpc) is 2.93. The summed E-state index contributed by atoms with van der Waals surface area (Å²) in [7, 11) is 1.73. The molecular weight excluding hydrogens is 262 g/mol. The first kappa shape index (κ1) is 15.7. The van der Waals surface area contributed by atoms with E-state index in [9.17, 15) is 0 Å². The van der Waals surface area contributed by atoms with Gasteiger partial charge in [0.25, 0.3) is 0 Å². The Morgan fingerprint density at radius 2 is 2.10 bits per heavy atom. The minimum Gasteiger partial charge on any atom is -0.383 e. The predicted molar refractivity (Wildman–Crippen MR) is 85.6 cm³/mol. The number of aryl methyl sites for hydroxylation is 2. The summed E-state index contributed by atoms with van der Waals surface area (Å²) >= 11 is 0. The van der Waals surface area contributed by atoms with E-state index < -0.39 is 0 Å². The lowest BCUT2D eigenvalue weighted by Crippen LogP contribution is -2.20. The Morgan fingerprint density at radius 3 is 2.90 bits per heavy atom. The van der Waals surface area contributed by atoms with Gasteiger partial charge < -0.3 is 10.1 Å². The maximum absolute atomic E-state index is 5.00. The molecule has 0 unspecified atom stereocenters. The van der Waals surface area contributed by atoms with Crippen molar-refractivity contribution < 1.29 is 4.74 Å². The second kappa shape index (κ2) is 8.60. The average molecular weight is 287 g/mol. The van der Waals surface area contributed by atoms with Crippen molar-refractivity contribution in [3.8, 4) is 0 Å². The molecule has 0 saturated heterocycles. The minimum atomic E-state index is 0.772. The fraction of sp³-hybridized carbons (Fsp3) is 0.471. The van der Waals surface area contributed by atoms with Gasteiger partial charge in [-0.3, -0.25) is 4.68 Å². The van der Waals surface area contributed by atoms with Gasteiger partial charge in [-0.15, -0.1) is 0 Å². The van der Waals surface area contributed by atoms with Crippen molar-refractivity contribution in [2.75, 3.05) is 26.8 Å². The Morgan fingerprint density at radius 1 is 1.24 bits per heavy atom. The molecule has 1 aromatic carbocycles. The molecule has 2 rings (SSSR count). The van der Waals surface area contributed by atoms with E-state index in [4.69, 9.17) is 4.74 Å². The van der Waals surface area contributed by atoms with Gasteiger partial charge in [0.1, 0.15) is 0 Å². The third-order valence-corrected chi connectivity index (χ3v) is 3.58. The topological polar surface area (TPSA) is 39.1 Å². The maximum Gasteiger partial charge on any atom is 0.0662 e. The highest BCUT2D eigenvalue weighted by molar-refractivity contribution is 5.25. The number of hydrogen-bond acceptors (Lipinski definition) is 3. The molecule has 0 atom stereocenters. The van der Waals surface area contributed by atoms with E-state index in [-0.39, 0.29) is 0 Å². The highest BCUT2D eigenvalue weighted by Gasteiger charge is 2.02. The predicted octanol–water partition coefficient (Wildman–Crippen LogP) is 2.41. The van der Waals surface area contributed by atoms with Crippen LogP contribution in [-0.2, 0) is 17.7 Å². The normalized spacial score (nSPS) is 11.0. The number of nitrogens with zero attached hydrogens (tertiary/aromatic N) is 2. The van der Waals surface area contributed by atoms with Crippen LogP contribution in [0.4, 0.5) is 0 Å². The lowest BCUT2D eigenvalue weighted by Gasteiger charge is -2.05. The highest BCUT2D eigenvalue weighted by atomic mass is 16.5. The Balaban J connectivity index is 1.75. The molecule has 114 valence electrons. The summed E-state index contributed by atoms with van der Waals surface area (Å²) in [5.41, 5.74) is 3.95. The van der Waals surface area contributed by atoms with Gasteiger partial charge in [-0.25, -0.2) is 0 Å². The zero-order valence-corrected chi connectivity index (χ0v) is 13.0. The molecule has 0 fully saturated rings.